The summed E-state index contributed by atoms with van der Waals surface area (Å²) in [5.41, 5.74) is 0. The van der Waals surface area contributed by atoms with Gasteiger partial charge in [0.1, 0.15) is 8.04 Å². The van der Waals surface area contributed by atoms with Gasteiger partial charge in [0.25, 0.3) is 0 Å². The summed E-state index contributed by atoms with van der Waals surface area (Å²) >= 11 is 1.71. The van der Waals surface area contributed by atoms with Crippen LogP contribution in [-0.4, -0.2) is 241 Å². The third-order valence-corrected chi connectivity index (χ3v) is 7.54. The molecule has 0 saturated carbocycles. The SMILES string of the molecule is [3H]N(I)B(B(B(B([B])[B])B([B])[B])B(B([B])[B])B([B])[B])B(B(B([B])[B])B([B])[B])B(B([B])[B])B([B][B-])B([B])[B]. The molecule has 116 valence electrons. The van der Waals surface area contributed by atoms with Crippen LogP contribution in [0, 0.1) is 0 Å². The highest BCUT2D eigenvalue weighted by Crippen LogP contribution is 2.15. The molecule has 0 spiro atoms. The molecule has 0 aliphatic rings. The summed E-state index contributed by atoms with van der Waals surface area (Å²) in [5.74, 6) is 0. The van der Waals surface area contributed by atoms with Crippen molar-refractivity contribution in [3.05, 3.63) is 0 Å². The van der Waals surface area contributed by atoms with Gasteiger partial charge in [-0.15, -0.1) is 0 Å². The number of halogens is 1. The van der Waals surface area contributed by atoms with E-state index >= 15 is 0 Å². The first-order valence-corrected chi connectivity index (χ1v) is 12.4. The van der Waals surface area contributed by atoms with E-state index in [1.54, 1.807) is 22.9 Å². The van der Waals surface area contributed by atoms with Crippen LogP contribution >= 0.6 is 22.9 Å². The van der Waals surface area contributed by atoms with E-state index in [0.29, 0.717) is 0 Å². The minimum Gasteiger partial charge on any atom is -0.690 e. The van der Waals surface area contributed by atoms with Crippen molar-refractivity contribution in [2.75, 3.05) is 0 Å². The minimum absolute atomic E-state index is 0.836. The first-order valence-electron chi connectivity index (χ1n) is 11.9. The predicted molar refractivity (Wildman–Crippen MR) is 213 cm³/mol. The highest BCUT2D eigenvalue weighted by atomic mass is 127. The molecule has 0 unspecified atom stereocenters. The Bertz CT molecular complexity index is 551. The third kappa shape index (κ3) is 10.6. The lowest BCUT2D eigenvalue weighted by molar-refractivity contribution is 1.79. The van der Waals surface area contributed by atoms with E-state index in [-0.39, 0.29) is 0 Å². The van der Waals surface area contributed by atoms with Crippen molar-refractivity contribution in [2.45, 2.75) is 0 Å². The van der Waals surface area contributed by atoms with Gasteiger partial charge in [0.2, 0.25) is 0 Å². The Morgan fingerprint density at radius 3 is 0.889 bits per heavy atom. The normalized spacial score (nSPS) is 10.1. The Labute approximate surface area is 266 Å². The van der Waals surface area contributed by atoms with Gasteiger partial charge in [-0.1, -0.05) is 0 Å². The third-order valence-electron chi connectivity index (χ3n) is 6.90. The quantitative estimate of drug-likeness (QED) is 0.116. The molecule has 0 aromatic rings. The summed E-state index contributed by atoms with van der Waals surface area (Å²) in [6.07, 6.45) is -15.6. The molecule has 0 atom stereocenters. The summed E-state index contributed by atoms with van der Waals surface area (Å²) in [5, 5.41) is 0. The summed E-state index contributed by atoms with van der Waals surface area (Å²) in [4.78, 5) is 0. The topological polar surface area (TPSA) is 12.0 Å². The lowest BCUT2D eigenvalue weighted by Gasteiger charge is -2.50. The van der Waals surface area contributed by atoms with Crippen LogP contribution in [0.2, 0.25) is 1.41 Å². The van der Waals surface area contributed by atoms with Crippen molar-refractivity contribution in [1.82, 2.24) is 3.43 Å². The van der Waals surface area contributed by atoms with E-state index in [1.807, 2.05) is 0 Å². The Balaban J connectivity index is 7.77. The van der Waals surface area contributed by atoms with E-state index in [2.05, 4.69) is 0 Å². The summed E-state index contributed by atoms with van der Waals surface area (Å²) in [6.45, 7) is -1.07. The van der Waals surface area contributed by atoms with E-state index in [1.165, 1.54) is 7.06 Å². The number of hydrogen-bond acceptors (Lipinski definition) is 1. The average molecular weight is 512 g/mol. The molecular weight excluding hydrogens is 509 g/mol. The van der Waals surface area contributed by atoms with Crippen LogP contribution in [0.25, 0.3) is 0 Å². The second kappa shape index (κ2) is 18.4. The molecule has 0 fully saturated rings. The second-order valence-corrected chi connectivity index (χ2v) is 10.00. The van der Waals surface area contributed by atoms with Crippen molar-refractivity contribution in [3.63, 3.8) is 0 Å². The fourth-order valence-corrected chi connectivity index (χ4v) is 6.15. The van der Waals surface area contributed by atoms with E-state index in [0.717, 1.165) is 3.43 Å². The van der Waals surface area contributed by atoms with Crippen molar-refractivity contribution in [1.29, 1.82) is 0 Å². The van der Waals surface area contributed by atoms with Crippen molar-refractivity contribution in [3.8, 4) is 0 Å². The minimum atomic E-state index is -1.15. The highest BCUT2D eigenvalue weighted by molar-refractivity contribution is 14.1. The maximum atomic E-state index is 8.81. The van der Waals surface area contributed by atoms with Crippen LogP contribution in [0.4, 0.5) is 0 Å². The van der Waals surface area contributed by atoms with Gasteiger partial charge in [-0.25, -0.2) is 0 Å². The van der Waals surface area contributed by atoms with E-state index in [9.17, 15) is 0 Å². The standard InChI is InChI=1S/B34HIN/c1-18-27(19(2)3)31(26(16)17)33(30(24(12)13)25(14)15)34(36-35)32(28(20(4)5)21(6)7)29(22(8)9)23(10)11/h36H/q-1/i/hT. The Morgan fingerprint density at radius 1 is 0.472 bits per heavy atom. The lowest BCUT2D eigenvalue weighted by Crippen LogP contribution is -2.89. The molecule has 0 saturated heterocycles. The zero-order valence-electron chi connectivity index (χ0n) is 21.5. The number of hydrogen-bond donors (Lipinski definition) is 1. The molecule has 36 heteroatoms. The van der Waals surface area contributed by atoms with Crippen LogP contribution < -0.4 is 3.43 Å². The first-order chi connectivity index (χ1) is 16.8. The molecule has 0 rings (SSSR count). The van der Waals surface area contributed by atoms with Gasteiger partial charge in [0.05, 0.1) is 0 Å². The van der Waals surface area contributed by atoms with Crippen molar-refractivity contribution >= 4 is 264 Å². The van der Waals surface area contributed by atoms with Gasteiger partial charge in [-0.2, -0.15) is 0 Å². The highest BCUT2D eigenvalue weighted by Gasteiger charge is 2.54. The monoisotopic (exact) mass is 518 g/mol. The van der Waals surface area contributed by atoms with Gasteiger partial charge in [-0.3, -0.25) is 7.06 Å². The average Bonchev–Trinajstić information content (AvgIpc) is 2.68. The molecule has 36 heavy (non-hydrogen) atoms. The van der Waals surface area contributed by atoms with Crippen LogP contribution in [-0.2, 0) is 0 Å². The van der Waals surface area contributed by atoms with Gasteiger partial charge in [0, 0.05) is 186 Å². The Hall–Kier alpha value is 2.90. The number of rotatable bonds is 17. The van der Waals surface area contributed by atoms with Crippen molar-refractivity contribution in [2.24, 2.45) is 0 Å². The lowest BCUT2D eigenvalue weighted by atomic mass is 8.34. The second-order valence-electron chi connectivity index (χ2n) is 9.44. The van der Waals surface area contributed by atoms with E-state index in [4.69, 9.17) is 133 Å². The summed E-state index contributed by atoms with van der Waals surface area (Å²) in [7, 11) is 106. The van der Waals surface area contributed by atoms with Crippen molar-refractivity contribution < 1.29 is 1.41 Å². The van der Waals surface area contributed by atoms with Gasteiger partial charge >= 0.3 is 0 Å². The molecule has 0 aromatic heterocycles. The van der Waals surface area contributed by atoms with Crippen LogP contribution in [0.3, 0.4) is 0 Å². The summed E-state index contributed by atoms with van der Waals surface area (Å²) < 4.78 is 9.84. The smallest absolute Gasteiger partial charge is 0.129 e. The molecule has 0 bridgehead atoms. The van der Waals surface area contributed by atoms with Gasteiger partial charge in [0.15, 0.2) is 0 Å². The molecule has 0 aliphatic heterocycles. The zero-order chi connectivity index (χ0) is 29.5. The van der Waals surface area contributed by atoms with Crippen LogP contribution in [0.1, 0.15) is 0 Å². The fraction of sp³-hybridized carbons (Fsp3) is 0. The zero-order valence-corrected chi connectivity index (χ0v) is 22.6. The predicted octanol–water partition coefficient (Wildman–Crippen LogP) is -12.6. The Kier molecular flexibility index (Phi) is 18.9. The maximum absolute atomic E-state index is 8.81. The molecule has 36 radical (unpaired) electrons. The largest absolute Gasteiger partial charge is 0.690 e. The molecular formula is HB34IN-. The summed E-state index contributed by atoms with van der Waals surface area (Å²) in [6, 6.07) is 0. The van der Waals surface area contributed by atoms with Crippen LogP contribution in [0.5, 0.6) is 0 Å². The molecule has 0 aliphatic carbocycles. The molecule has 0 aromatic carbocycles. The molecule has 0 amide bonds. The van der Waals surface area contributed by atoms with E-state index < -0.39 is 102 Å². The first kappa shape index (κ1) is 36.9. The fourth-order valence-electron chi connectivity index (χ4n) is 5.40. The molecule has 1 N–H and O–H groups in total. The van der Waals surface area contributed by atoms with Gasteiger partial charge < -0.3 is 11.2 Å². The number of nitrogens with one attached hydrogen (secondary N) is 1. The van der Waals surface area contributed by atoms with Gasteiger partial charge in [-0.05, 0) is 56.5 Å². The maximum Gasteiger partial charge on any atom is 0.129 e. The molecule has 0 heterocycles. The van der Waals surface area contributed by atoms with Crippen LogP contribution in [0.15, 0.2) is 0 Å². The molecule has 1 nitrogen and oxygen atoms in total. The Morgan fingerprint density at radius 2 is 0.722 bits per heavy atom.